The molecule has 0 bridgehead atoms. The van der Waals surface area contributed by atoms with Crippen molar-refractivity contribution in [1.82, 2.24) is 4.44 Å². The summed E-state index contributed by atoms with van der Waals surface area (Å²) in [7, 11) is -5.95. The molecular weight excluding hydrogens is 560 g/mol. The molecule has 1 heterocycles. The van der Waals surface area contributed by atoms with E-state index in [9.17, 15) is 8.78 Å². The molecule has 1 aliphatic heterocycles. The quantitative estimate of drug-likeness (QED) is 0.117. The highest BCUT2D eigenvalue weighted by atomic mass is 31.2. The average molecular weight is 594 g/mol. The van der Waals surface area contributed by atoms with E-state index in [2.05, 4.69) is 28.7 Å². The molecule has 0 radical (unpaired) electrons. The predicted octanol–water partition coefficient (Wildman–Crippen LogP) is 9.77. The van der Waals surface area contributed by atoms with Gasteiger partial charge >= 0.3 is 0 Å². The van der Waals surface area contributed by atoms with Crippen molar-refractivity contribution in [3.8, 4) is 0 Å². The third-order valence-corrected chi connectivity index (χ3v) is 18.5. The fourth-order valence-electron chi connectivity index (χ4n) is 6.86. The van der Waals surface area contributed by atoms with Crippen molar-refractivity contribution in [2.24, 2.45) is 0 Å². The van der Waals surface area contributed by atoms with Crippen LogP contribution < -0.4 is 10.6 Å². The summed E-state index contributed by atoms with van der Waals surface area (Å²) >= 11 is 0. The molecule has 2 aliphatic rings. The van der Waals surface area contributed by atoms with Gasteiger partial charge in [0.25, 0.3) is 0 Å². The largest absolute Gasteiger partial charge is 0.207 e. The van der Waals surface area contributed by atoms with Crippen LogP contribution in [-0.2, 0) is 0 Å². The Labute approximate surface area is 241 Å². The van der Waals surface area contributed by atoms with Crippen molar-refractivity contribution in [1.29, 1.82) is 0 Å². The fourth-order valence-corrected chi connectivity index (χ4v) is 17.8. The van der Waals surface area contributed by atoms with Gasteiger partial charge in [0.05, 0.1) is 24.8 Å². The zero-order valence-electron chi connectivity index (χ0n) is 22.8. The molecule has 212 valence electrons. The van der Waals surface area contributed by atoms with E-state index in [1.165, 1.54) is 24.3 Å². The van der Waals surface area contributed by atoms with Gasteiger partial charge in [-0.15, -0.1) is 11.1 Å². The lowest BCUT2D eigenvalue weighted by Crippen LogP contribution is -2.46. The molecule has 4 aromatic carbocycles. The Hall–Kier alpha value is -2.58. The van der Waals surface area contributed by atoms with E-state index in [4.69, 9.17) is 13.3 Å². The second-order valence-electron chi connectivity index (χ2n) is 11.2. The number of halogens is 4. The van der Waals surface area contributed by atoms with E-state index in [1.54, 1.807) is 0 Å². The van der Waals surface area contributed by atoms with Crippen molar-refractivity contribution in [3.05, 3.63) is 145 Å². The van der Waals surface area contributed by atoms with Gasteiger partial charge < -0.3 is 0 Å². The first-order valence-electron chi connectivity index (χ1n) is 14.0. The summed E-state index contributed by atoms with van der Waals surface area (Å²) in [6, 6.07) is 27.5. The van der Waals surface area contributed by atoms with Crippen LogP contribution in [0.3, 0.4) is 0 Å². The smallest absolute Gasteiger partial charge is 0.167 e. The van der Waals surface area contributed by atoms with Crippen molar-refractivity contribution in [2.45, 2.75) is 49.5 Å². The Morgan fingerprint density at radius 2 is 1.07 bits per heavy atom. The minimum absolute atomic E-state index is 0.00361. The summed E-state index contributed by atoms with van der Waals surface area (Å²) in [5.74, 6) is -2.95. The van der Waals surface area contributed by atoms with Crippen LogP contribution in [0.1, 0.15) is 54.5 Å². The van der Waals surface area contributed by atoms with Gasteiger partial charge in [0.2, 0.25) is 0 Å². The van der Waals surface area contributed by atoms with E-state index >= 15 is 8.78 Å². The molecule has 1 nitrogen and oxygen atoms in total. The van der Waals surface area contributed by atoms with E-state index in [0.717, 1.165) is 55.4 Å². The van der Waals surface area contributed by atoms with Gasteiger partial charge in [0.1, 0.15) is 22.2 Å². The highest BCUT2D eigenvalue weighted by Crippen LogP contribution is 2.92. The third-order valence-electron chi connectivity index (χ3n) is 8.91. The minimum Gasteiger partial charge on any atom is -0.207 e. The molecule has 2 atom stereocenters. The SMILES string of the molecule is [CH2-][P+](c1ccc(F)cc1F)(c1ccc(F)cc1F)N(C1CCC1)[P+]1([CH2-])[C@H](c2ccccc2)CC[C@H]1c1ccccc1. The topological polar surface area (TPSA) is 3.24 Å². The highest BCUT2D eigenvalue weighted by Gasteiger charge is 2.64. The maximum absolute atomic E-state index is 16.0. The standard InChI is InChI=1S/C34H33F4NP2/c1-40(31(24-10-5-3-6-11-24)20-21-32(40)25-12-7-4-8-13-25)39(28-14-9-15-28)41(2,33-18-16-26(35)22-29(33)37)34-19-17-27(36)23-30(34)38/h3-8,10-13,16-19,22-23,28,31-32H,1-2,9,14-15,20-21H2/t31-,32-/m0/s1. The Bertz CT molecular complexity index is 1430. The van der Waals surface area contributed by atoms with E-state index < -0.39 is 38.1 Å². The van der Waals surface area contributed by atoms with Crippen molar-refractivity contribution >= 4 is 25.4 Å². The molecule has 0 unspecified atom stereocenters. The molecule has 2 fully saturated rings. The summed E-state index contributed by atoms with van der Waals surface area (Å²) in [5.41, 5.74) is 2.40. The molecule has 7 heteroatoms. The van der Waals surface area contributed by atoms with Crippen LogP contribution >= 0.6 is 14.8 Å². The molecule has 1 aliphatic carbocycles. The molecular formula is C34H33F4NP2. The van der Waals surface area contributed by atoms with E-state index in [0.29, 0.717) is 0 Å². The first-order chi connectivity index (χ1) is 19.7. The fraction of sp³-hybridized carbons (Fsp3) is 0.235. The summed E-state index contributed by atoms with van der Waals surface area (Å²) in [5, 5.41) is 0.342. The number of hydrogen-bond donors (Lipinski definition) is 0. The van der Waals surface area contributed by atoms with Crippen molar-refractivity contribution in [3.63, 3.8) is 0 Å². The van der Waals surface area contributed by atoms with Gasteiger partial charge in [-0.3, -0.25) is 0 Å². The lowest BCUT2D eigenvalue weighted by molar-refractivity contribution is 0.309. The second kappa shape index (κ2) is 11.3. The molecule has 0 aromatic heterocycles. The minimum atomic E-state index is -3.36. The van der Waals surface area contributed by atoms with E-state index in [-0.39, 0.29) is 28.0 Å². The van der Waals surface area contributed by atoms with Crippen LogP contribution in [0.25, 0.3) is 0 Å². The lowest BCUT2D eigenvalue weighted by Gasteiger charge is -2.55. The highest BCUT2D eigenvalue weighted by molar-refractivity contribution is 7.97. The number of hydrogen-bond acceptors (Lipinski definition) is 1. The zero-order valence-corrected chi connectivity index (χ0v) is 24.6. The van der Waals surface area contributed by atoms with Gasteiger partial charge in [-0.05, 0) is 67.5 Å². The molecule has 1 saturated heterocycles. The molecule has 1 saturated carbocycles. The lowest BCUT2D eigenvalue weighted by atomic mass is 9.94. The number of benzene rings is 4. The second-order valence-corrected chi connectivity index (χ2v) is 17.9. The molecule has 41 heavy (non-hydrogen) atoms. The monoisotopic (exact) mass is 593 g/mol. The van der Waals surface area contributed by atoms with Gasteiger partial charge in [-0.25, -0.2) is 17.6 Å². The Balaban J connectivity index is 1.66. The first-order valence-corrected chi connectivity index (χ1v) is 18.0. The third kappa shape index (κ3) is 4.85. The maximum atomic E-state index is 16.0. The Morgan fingerprint density at radius 1 is 0.634 bits per heavy atom. The number of nitrogens with zero attached hydrogens (tertiary/aromatic N) is 1. The Morgan fingerprint density at radius 3 is 1.44 bits per heavy atom. The Kier molecular flexibility index (Phi) is 7.83. The normalized spacial score (nSPS) is 20.8. The first kappa shape index (κ1) is 28.5. The van der Waals surface area contributed by atoms with Crippen LogP contribution in [0.15, 0.2) is 97.1 Å². The van der Waals surface area contributed by atoms with Gasteiger partial charge in [0.15, 0.2) is 11.6 Å². The van der Waals surface area contributed by atoms with Crippen LogP contribution in [0.4, 0.5) is 17.6 Å². The summed E-state index contributed by atoms with van der Waals surface area (Å²) < 4.78 is 62.8. The molecule has 0 amide bonds. The van der Waals surface area contributed by atoms with E-state index in [1.807, 2.05) is 36.4 Å². The molecule has 0 spiro atoms. The van der Waals surface area contributed by atoms with Crippen LogP contribution in [0.2, 0.25) is 0 Å². The van der Waals surface area contributed by atoms with Crippen molar-refractivity contribution < 1.29 is 17.6 Å². The van der Waals surface area contributed by atoms with Gasteiger partial charge in [-0.1, -0.05) is 60.7 Å². The summed E-state index contributed by atoms with van der Waals surface area (Å²) in [6.07, 6.45) is 4.45. The summed E-state index contributed by atoms with van der Waals surface area (Å²) in [4.78, 5) is 0. The van der Waals surface area contributed by atoms with Crippen LogP contribution in [0.5, 0.6) is 0 Å². The summed E-state index contributed by atoms with van der Waals surface area (Å²) in [6.45, 7) is 9.87. The molecule has 4 aromatic rings. The van der Waals surface area contributed by atoms with Crippen LogP contribution in [-0.4, -0.2) is 10.5 Å². The average Bonchev–Trinajstić information content (AvgIpc) is 3.28. The predicted molar refractivity (Wildman–Crippen MR) is 164 cm³/mol. The van der Waals surface area contributed by atoms with Gasteiger partial charge in [-0.2, -0.15) is 6.66 Å². The van der Waals surface area contributed by atoms with Crippen LogP contribution in [0, 0.1) is 36.6 Å². The number of rotatable bonds is 7. The molecule has 0 N–H and O–H groups in total. The molecule has 6 rings (SSSR count). The zero-order chi connectivity index (χ0) is 28.8. The maximum Gasteiger partial charge on any atom is 0.167 e. The van der Waals surface area contributed by atoms with Gasteiger partial charge in [0, 0.05) is 19.5 Å². The van der Waals surface area contributed by atoms with Crippen molar-refractivity contribution in [2.75, 3.05) is 0 Å².